The number of carbonyl (C=O) groups excluding carboxylic acids is 5. The topological polar surface area (TPSA) is 181 Å². The number of benzene rings is 2. The average Bonchev–Trinajstić information content (AvgIpc) is 3.24. The van der Waals surface area contributed by atoms with Crippen molar-refractivity contribution in [1.82, 2.24) is 24.7 Å². The van der Waals surface area contributed by atoms with Crippen LogP contribution in [0, 0.1) is 23.7 Å². The number of esters is 1. The lowest BCUT2D eigenvalue weighted by Gasteiger charge is -2.37. The summed E-state index contributed by atoms with van der Waals surface area (Å²) in [4.78, 5) is 71.9. The van der Waals surface area contributed by atoms with Gasteiger partial charge in [0.05, 0.1) is 17.4 Å². The smallest absolute Gasteiger partial charge is 0.410 e. The van der Waals surface area contributed by atoms with E-state index in [1.165, 1.54) is 12.1 Å². The molecule has 15 nitrogen and oxygen atoms in total. The predicted molar refractivity (Wildman–Crippen MR) is 240 cm³/mol. The lowest BCUT2D eigenvalue weighted by Crippen LogP contribution is -2.52. The minimum absolute atomic E-state index is 0.0182. The maximum atomic E-state index is 14.5. The molecule has 0 aliphatic carbocycles. The normalized spacial score (nSPS) is 18.9. The first-order chi connectivity index (χ1) is 29.7. The van der Waals surface area contributed by atoms with E-state index >= 15 is 0 Å². The minimum atomic E-state index is -4.17. The lowest BCUT2D eigenvalue weighted by molar-refractivity contribution is -0.145. The minimum Gasteiger partial charge on any atom is -0.465 e. The number of hydrogen-bond acceptors (Lipinski definition) is 10. The van der Waals surface area contributed by atoms with Gasteiger partial charge in [-0.25, -0.2) is 18.0 Å². The molecule has 350 valence electrons. The highest BCUT2D eigenvalue weighted by atomic mass is 32.2. The number of piperidine rings is 3. The van der Waals surface area contributed by atoms with Gasteiger partial charge in [0.1, 0.15) is 17.2 Å². The summed E-state index contributed by atoms with van der Waals surface area (Å²) in [6.45, 7) is 15.7. The number of fused-ring (bicyclic) bond motifs is 1. The van der Waals surface area contributed by atoms with Crippen LogP contribution in [0.3, 0.4) is 0 Å². The van der Waals surface area contributed by atoms with E-state index in [0.717, 1.165) is 49.3 Å². The molecule has 0 spiro atoms. The number of carbonyl (C=O) groups is 5. The van der Waals surface area contributed by atoms with Gasteiger partial charge in [-0.3, -0.25) is 14.4 Å². The molecule has 0 aromatic heterocycles. The van der Waals surface area contributed by atoms with Gasteiger partial charge in [-0.05, 0) is 147 Å². The molecule has 2 aromatic carbocycles. The van der Waals surface area contributed by atoms with E-state index in [4.69, 9.17) is 14.2 Å². The molecule has 2 aromatic rings. The first-order valence-corrected chi connectivity index (χ1v) is 24.4. The maximum absolute atomic E-state index is 14.5. The maximum Gasteiger partial charge on any atom is 0.410 e. The van der Waals surface area contributed by atoms with Gasteiger partial charge in [0, 0.05) is 51.7 Å². The molecular weight excluding hydrogens is 827 g/mol. The van der Waals surface area contributed by atoms with Crippen molar-refractivity contribution < 1.29 is 46.6 Å². The standard InChI is InChI=1S/C47H71N5O10S/c1-8-60-43(55)40(49-63(58,59)39-20-19-35-12-9-10-13-37(35)30-39)31-48-41(53)38-14-11-25-52(32-38)42(54)36(17-15-33-21-26-50(27-22-33)44(56)61-46(2,3)4)18-16-34-23-28-51(29-24-34)45(57)62-47(5,6)7/h9-10,12-13,19-20,30,33-34,36,38,40,49H,8,11,14-18,21-29,31-32H2,1-7H3,(H,48,53)/t38-,40?/m1/s1. The zero-order chi connectivity index (χ0) is 46.0. The fourth-order valence-corrected chi connectivity index (χ4v) is 9.95. The molecule has 3 fully saturated rings. The van der Waals surface area contributed by atoms with Crippen LogP contribution in [0.5, 0.6) is 0 Å². The first kappa shape index (κ1) is 49.6. The van der Waals surface area contributed by atoms with E-state index in [0.29, 0.717) is 70.2 Å². The molecule has 3 heterocycles. The third-order valence-corrected chi connectivity index (χ3v) is 13.7. The van der Waals surface area contributed by atoms with Crippen LogP contribution in [-0.2, 0) is 38.6 Å². The second-order valence-electron chi connectivity index (χ2n) is 19.5. The van der Waals surface area contributed by atoms with Crippen molar-refractivity contribution in [2.75, 3.05) is 52.4 Å². The summed E-state index contributed by atoms with van der Waals surface area (Å²) in [6, 6.07) is 10.7. The summed E-state index contributed by atoms with van der Waals surface area (Å²) >= 11 is 0. The van der Waals surface area contributed by atoms with Crippen LogP contribution in [0.4, 0.5) is 9.59 Å². The van der Waals surface area contributed by atoms with Crippen molar-refractivity contribution in [2.45, 2.75) is 135 Å². The zero-order valence-electron chi connectivity index (χ0n) is 38.5. The van der Waals surface area contributed by atoms with E-state index < -0.39 is 39.2 Å². The number of nitrogens with one attached hydrogen (secondary N) is 2. The molecule has 63 heavy (non-hydrogen) atoms. The van der Waals surface area contributed by atoms with Crippen molar-refractivity contribution in [1.29, 1.82) is 0 Å². The van der Waals surface area contributed by atoms with Gasteiger partial charge >= 0.3 is 18.2 Å². The Balaban J connectivity index is 1.20. The van der Waals surface area contributed by atoms with Crippen LogP contribution in [0.25, 0.3) is 10.8 Å². The second kappa shape index (κ2) is 22.0. The van der Waals surface area contributed by atoms with E-state index in [-0.39, 0.29) is 54.5 Å². The number of ether oxygens (including phenoxy) is 3. The summed E-state index contributed by atoms with van der Waals surface area (Å²) in [5, 5.41) is 4.38. The van der Waals surface area contributed by atoms with E-state index in [9.17, 15) is 32.4 Å². The van der Waals surface area contributed by atoms with Crippen molar-refractivity contribution in [2.24, 2.45) is 23.7 Å². The number of amides is 4. The molecule has 0 radical (unpaired) electrons. The van der Waals surface area contributed by atoms with Gasteiger partial charge in [0.25, 0.3) is 0 Å². The van der Waals surface area contributed by atoms with Crippen LogP contribution in [0.1, 0.15) is 113 Å². The summed E-state index contributed by atoms with van der Waals surface area (Å²) < 4.78 is 45.8. The summed E-state index contributed by atoms with van der Waals surface area (Å²) in [6.07, 6.45) is 6.98. The van der Waals surface area contributed by atoms with Gasteiger partial charge in [0.15, 0.2) is 0 Å². The van der Waals surface area contributed by atoms with Crippen molar-refractivity contribution in [3.05, 3.63) is 42.5 Å². The third-order valence-electron chi connectivity index (χ3n) is 12.2. The Morgan fingerprint density at radius 2 is 1.27 bits per heavy atom. The fourth-order valence-electron chi connectivity index (χ4n) is 8.73. The predicted octanol–water partition coefficient (Wildman–Crippen LogP) is 6.88. The van der Waals surface area contributed by atoms with E-state index in [1.807, 2.05) is 59.7 Å². The van der Waals surface area contributed by atoms with E-state index in [2.05, 4.69) is 10.0 Å². The molecule has 5 rings (SSSR count). The van der Waals surface area contributed by atoms with E-state index in [1.54, 1.807) is 33.8 Å². The number of sulfonamides is 1. The van der Waals surface area contributed by atoms with Crippen molar-refractivity contribution in [3.8, 4) is 0 Å². The molecular formula is C47H71N5O10S. The molecule has 0 saturated carbocycles. The number of nitrogens with zero attached hydrogens (tertiary/aromatic N) is 3. The van der Waals surface area contributed by atoms with Crippen LogP contribution < -0.4 is 10.0 Å². The van der Waals surface area contributed by atoms with Gasteiger partial charge < -0.3 is 34.2 Å². The second-order valence-corrected chi connectivity index (χ2v) is 21.2. The lowest BCUT2D eigenvalue weighted by atomic mass is 9.83. The number of likely N-dealkylation sites (tertiary alicyclic amines) is 3. The van der Waals surface area contributed by atoms with Gasteiger partial charge in [-0.2, -0.15) is 4.72 Å². The molecule has 3 saturated heterocycles. The zero-order valence-corrected chi connectivity index (χ0v) is 39.3. The highest BCUT2D eigenvalue weighted by Crippen LogP contribution is 2.32. The summed E-state index contributed by atoms with van der Waals surface area (Å²) in [5.74, 6) is -1.22. The summed E-state index contributed by atoms with van der Waals surface area (Å²) in [5.41, 5.74) is -1.13. The summed E-state index contributed by atoms with van der Waals surface area (Å²) in [7, 11) is -4.17. The Hall–Kier alpha value is -4.44. The highest BCUT2D eigenvalue weighted by molar-refractivity contribution is 7.89. The van der Waals surface area contributed by atoms with Crippen molar-refractivity contribution >= 4 is 50.8 Å². The Labute approximate surface area is 374 Å². The highest BCUT2D eigenvalue weighted by Gasteiger charge is 2.36. The molecule has 2 atom stereocenters. The first-order valence-electron chi connectivity index (χ1n) is 22.9. The van der Waals surface area contributed by atoms with Crippen LogP contribution in [0.15, 0.2) is 47.4 Å². The SMILES string of the molecule is CCOC(=O)C(CNC(=O)[C@@H]1CCCN(C(=O)C(CCC2CCN(C(=O)OC(C)(C)C)CC2)CCC2CCN(C(=O)OC(C)(C)C)CC2)C1)NS(=O)(=O)c1ccc2ccccc2c1. The van der Waals surface area contributed by atoms with Gasteiger partial charge in [-0.1, -0.05) is 30.3 Å². The van der Waals surface area contributed by atoms with Crippen molar-refractivity contribution in [3.63, 3.8) is 0 Å². The number of rotatable bonds is 15. The molecule has 3 aliphatic rings. The van der Waals surface area contributed by atoms with Gasteiger partial charge in [-0.15, -0.1) is 0 Å². The Morgan fingerprint density at radius 1 is 0.730 bits per heavy atom. The monoisotopic (exact) mass is 897 g/mol. The van der Waals surface area contributed by atoms with Crippen LogP contribution in [-0.4, -0.2) is 123 Å². The largest absolute Gasteiger partial charge is 0.465 e. The molecule has 1 unspecified atom stereocenters. The molecule has 0 bridgehead atoms. The molecule has 4 amide bonds. The Morgan fingerprint density at radius 3 is 1.79 bits per heavy atom. The van der Waals surface area contributed by atoms with Crippen LogP contribution in [0.2, 0.25) is 0 Å². The molecule has 16 heteroatoms. The molecule has 2 N–H and O–H groups in total. The molecule has 3 aliphatic heterocycles. The average molecular weight is 898 g/mol. The third kappa shape index (κ3) is 15.1. The Bertz CT molecular complexity index is 1950. The number of hydrogen-bond donors (Lipinski definition) is 2. The van der Waals surface area contributed by atoms with Gasteiger partial charge in [0.2, 0.25) is 21.8 Å². The quantitative estimate of drug-likeness (QED) is 0.141. The fraction of sp³-hybridized carbons (Fsp3) is 0.681. The van der Waals surface area contributed by atoms with Crippen LogP contribution >= 0.6 is 0 Å². The Kier molecular flexibility index (Phi) is 17.3.